The van der Waals surface area contributed by atoms with E-state index in [1.165, 1.54) is 6.07 Å². The second kappa shape index (κ2) is 13.0. The Kier molecular flexibility index (Phi) is 10.4. The van der Waals surface area contributed by atoms with Crippen LogP contribution in [-0.2, 0) is 11.3 Å². The summed E-state index contributed by atoms with van der Waals surface area (Å²) in [6, 6.07) is 8.30. The fourth-order valence-electron chi connectivity index (χ4n) is 2.91. The van der Waals surface area contributed by atoms with Crippen molar-refractivity contribution >= 4 is 41.7 Å². The molecule has 0 bridgehead atoms. The van der Waals surface area contributed by atoms with Gasteiger partial charge in [0.25, 0.3) is 0 Å². The first-order valence-electron chi connectivity index (χ1n) is 10.1. The molecule has 2 aromatic rings. The van der Waals surface area contributed by atoms with Gasteiger partial charge in [-0.15, -0.1) is 24.0 Å². The normalized spacial score (nSPS) is 12.2. The van der Waals surface area contributed by atoms with Gasteiger partial charge in [-0.05, 0) is 32.0 Å². The number of nitrogens with one attached hydrogen (secondary N) is 3. The lowest BCUT2D eigenvalue weighted by atomic mass is 10.1. The van der Waals surface area contributed by atoms with Gasteiger partial charge in [-0.25, -0.2) is 9.98 Å². The van der Waals surface area contributed by atoms with E-state index >= 15 is 0 Å². The molecule has 12 heteroatoms. The number of guanidine groups is 1. The maximum atomic E-state index is 12.8. The van der Waals surface area contributed by atoms with Gasteiger partial charge in [0.2, 0.25) is 12.7 Å². The fraction of sp³-hybridized carbons (Fsp3) is 0.381. The molecule has 0 fully saturated rings. The summed E-state index contributed by atoms with van der Waals surface area (Å²) in [5.74, 6) is 1.46. The van der Waals surface area contributed by atoms with E-state index in [9.17, 15) is 13.6 Å². The molecule has 1 amide bonds. The number of aliphatic imine (C=N–C) groups is 1. The van der Waals surface area contributed by atoms with Crippen LogP contribution < -0.4 is 30.2 Å². The third-order valence-corrected chi connectivity index (χ3v) is 4.32. The van der Waals surface area contributed by atoms with E-state index < -0.39 is 6.61 Å². The Balaban J connectivity index is 0.00000385. The Morgan fingerprint density at radius 3 is 2.70 bits per heavy atom. The number of aryl methyl sites for hydroxylation is 1. The highest BCUT2D eigenvalue weighted by atomic mass is 127. The number of halogens is 3. The third kappa shape index (κ3) is 8.18. The van der Waals surface area contributed by atoms with Gasteiger partial charge in [0.05, 0.1) is 6.54 Å². The van der Waals surface area contributed by atoms with Crippen LogP contribution in [-0.4, -0.2) is 43.3 Å². The second-order valence-electron chi connectivity index (χ2n) is 6.78. The van der Waals surface area contributed by atoms with Crippen LogP contribution in [0.2, 0.25) is 0 Å². The number of fused-ring (bicyclic) bond motifs is 1. The zero-order valence-electron chi connectivity index (χ0n) is 18.2. The summed E-state index contributed by atoms with van der Waals surface area (Å²) in [4.78, 5) is 20.8. The number of hydrogen-bond donors (Lipinski definition) is 3. The molecule has 3 rings (SSSR count). The highest BCUT2D eigenvalue weighted by molar-refractivity contribution is 14.0. The van der Waals surface area contributed by atoms with Crippen LogP contribution in [0.5, 0.6) is 17.2 Å². The molecule has 9 nitrogen and oxygen atoms in total. The summed E-state index contributed by atoms with van der Waals surface area (Å²) in [6.07, 6.45) is 0.184. The zero-order valence-corrected chi connectivity index (χ0v) is 20.5. The molecule has 33 heavy (non-hydrogen) atoms. The predicted molar refractivity (Wildman–Crippen MR) is 130 cm³/mol. The van der Waals surface area contributed by atoms with E-state index in [2.05, 4.69) is 30.7 Å². The topological polar surface area (TPSA) is 106 Å². The molecule has 1 aromatic heterocycles. The van der Waals surface area contributed by atoms with Gasteiger partial charge in [0, 0.05) is 36.8 Å². The summed E-state index contributed by atoms with van der Waals surface area (Å²) < 4.78 is 40.7. The highest BCUT2D eigenvalue weighted by Crippen LogP contribution is 2.39. The second-order valence-corrected chi connectivity index (χ2v) is 6.78. The summed E-state index contributed by atoms with van der Waals surface area (Å²) in [6.45, 7) is 1.70. The van der Waals surface area contributed by atoms with Gasteiger partial charge < -0.3 is 30.2 Å². The lowest BCUT2D eigenvalue weighted by Crippen LogP contribution is -2.38. The van der Waals surface area contributed by atoms with Crippen LogP contribution in [0.15, 0.2) is 35.3 Å². The van der Waals surface area contributed by atoms with Gasteiger partial charge in [-0.2, -0.15) is 8.78 Å². The molecule has 0 saturated carbocycles. The monoisotopic (exact) mass is 577 g/mol. The largest absolute Gasteiger partial charge is 0.454 e. The van der Waals surface area contributed by atoms with Crippen LogP contribution in [0.4, 0.5) is 14.6 Å². The first kappa shape index (κ1) is 26.4. The molecule has 0 atom stereocenters. The van der Waals surface area contributed by atoms with E-state index in [0.29, 0.717) is 41.9 Å². The van der Waals surface area contributed by atoms with Crippen molar-refractivity contribution < 1.29 is 27.8 Å². The molecule has 1 aliphatic heterocycles. The summed E-state index contributed by atoms with van der Waals surface area (Å²) in [5.41, 5.74) is 1.22. The van der Waals surface area contributed by atoms with Crippen LogP contribution >= 0.6 is 24.0 Å². The van der Waals surface area contributed by atoms with Crippen molar-refractivity contribution in [3.63, 3.8) is 0 Å². The minimum absolute atomic E-state index is 0. The summed E-state index contributed by atoms with van der Waals surface area (Å²) in [5, 5.41) is 8.82. The van der Waals surface area contributed by atoms with Crippen molar-refractivity contribution in [3.8, 4) is 17.2 Å². The van der Waals surface area contributed by atoms with E-state index in [0.717, 1.165) is 5.69 Å². The first-order chi connectivity index (χ1) is 15.4. The van der Waals surface area contributed by atoms with Gasteiger partial charge in [-0.3, -0.25) is 4.79 Å². The Hall–Kier alpha value is -2.90. The van der Waals surface area contributed by atoms with E-state index in [1.807, 2.05) is 26.0 Å². The van der Waals surface area contributed by atoms with Crippen molar-refractivity contribution in [2.24, 2.45) is 4.99 Å². The van der Waals surface area contributed by atoms with Crippen molar-refractivity contribution in [3.05, 3.63) is 41.6 Å². The molecule has 0 radical (unpaired) electrons. The Morgan fingerprint density at radius 2 is 2.00 bits per heavy atom. The average Bonchev–Trinajstić information content (AvgIpc) is 3.18. The minimum Gasteiger partial charge on any atom is -0.454 e. The number of amides is 1. The number of ether oxygens (including phenoxy) is 3. The number of nitrogens with zero attached hydrogens (tertiary/aromatic N) is 2. The molecule has 0 unspecified atom stereocenters. The van der Waals surface area contributed by atoms with Crippen LogP contribution in [0.1, 0.15) is 24.6 Å². The number of carbonyl (C=O) groups is 1. The van der Waals surface area contributed by atoms with Crippen molar-refractivity contribution in [1.82, 2.24) is 15.6 Å². The van der Waals surface area contributed by atoms with Crippen LogP contribution in [0, 0.1) is 6.92 Å². The highest BCUT2D eigenvalue weighted by Gasteiger charge is 2.20. The summed E-state index contributed by atoms with van der Waals surface area (Å²) in [7, 11) is 0. The lowest BCUT2D eigenvalue weighted by Gasteiger charge is -2.13. The number of rotatable bonds is 9. The quantitative estimate of drug-likeness (QED) is 0.238. The minimum atomic E-state index is -2.98. The number of alkyl halides is 2. The number of hydrogen-bond acceptors (Lipinski definition) is 6. The lowest BCUT2D eigenvalue weighted by molar-refractivity contribution is -0.116. The molecule has 2 heterocycles. The zero-order chi connectivity index (χ0) is 22.9. The van der Waals surface area contributed by atoms with E-state index in [-0.39, 0.29) is 55.4 Å². The molecule has 0 saturated heterocycles. The maximum Gasteiger partial charge on any atom is 0.387 e. The number of carbonyl (C=O) groups excluding carboxylic acids is 1. The molecule has 0 aliphatic carbocycles. The molecular formula is C21H26F2IN5O4. The van der Waals surface area contributed by atoms with Crippen LogP contribution in [0.3, 0.4) is 0 Å². The van der Waals surface area contributed by atoms with Crippen LogP contribution in [0.25, 0.3) is 0 Å². The SMILES string of the molecule is CCNC(=NCc1cc2c(cc1OC(F)F)OCO2)NCCC(=O)Nc1cccc(C)n1.I. The van der Waals surface area contributed by atoms with Gasteiger partial charge in [0.1, 0.15) is 11.6 Å². The number of aromatic nitrogens is 1. The van der Waals surface area contributed by atoms with E-state index in [1.54, 1.807) is 12.1 Å². The Labute approximate surface area is 207 Å². The molecule has 1 aliphatic rings. The third-order valence-electron chi connectivity index (χ3n) is 4.32. The average molecular weight is 577 g/mol. The van der Waals surface area contributed by atoms with Crippen molar-refractivity contribution in [2.45, 2.75) is 33.4 Å². The predicted octanol–water partition coefficient (Wildman–Crippen LogP) is 3.42. The van der Waals surface area contributed by atoms with E-state index in [4.69, 9.17) is 9.47 Å². The first-order valence-corrected chi connectivity index (χ1v) is 10.1. The Bertz CT molecular complexity index is 978. The number of anilines is 1. The Morgan fingerprint density at radius 1 is 1.24 bits per heavy atom. The van der Waals surface area contributed by atoms with Crippen molar-refractivity contribution in [1.29, 1.82) is 0 Å². The fourth-order valence-corrected chi connectivity index (χ4v) is 2.91. The molecule has 3 N–H and O–H groups in total. The van der Waals surface area contributed by atoms with Gasteiger partial charge >= 0.3 is 6.61 Å². The molecule has 1 aromatic carbocycles. The molecule has 0 spiro atoms. The van der Waals surface area contributed by atoms with Gasteiger partial charge in [0.15, 0.2) is 17.5 Å². The maximum absolute atomic E-state index is 12.8. The number of pyridine rings is 1. The number of benzene rings is 1. The standard InChI is InChI=1S/C21H25F2N5O4.HI/c1-3-24-21(25-8-7-19(29)28-18-6-4-5-13(2)27-18)26-11-14-9-16-17(31-12-30-16)10-15(14)32-20(22)23;/h4-6,9-10,20H,3,7-8,11-12H2,1-2H3,(H2,24,25,26)(H,27,28,29);1H. The molecule has 180 valence electrons. The van der Waals surface area contributed by atoms with Crippen molar-refractivity contribution in [2.75, 3.05) is 25.2 Å². The molecular weight excluding hydrogens is 551 g/mol. The summed E-state index contributed by atoms with van der Waals surface area (Å²) >= 11 is 0. The smallest absolute Gasteiger partial charge is 0.387 e. The van der Waals surface area contributed by atoms with Gasteiger partial charge in [-0.1, -0.05) is 6.07 Å².